The summed E-state index contributed by atoms with van der Waals surface area (Å²) in [7, 11) is 1.59. The summed E-state index contributed by atoms with van der Waals surface area (Å²) in [5, 5.41) is 21.7. The van der Waals surface area contributed by atoms with Crippen LogP contribution in [0.3, 0.4) is 0 Å². The maximum Gasteiger partial charge on any atom is 0.212 e. The minimum absolute atomic E-state index is 0.357. The second-order valence-corrected chi connectivity index (χ2v) is 9.00. The van der Waals surface area contributed by atoms with E-state index in [1.165, 1.54) is 0 Å². The minimum Gasteiger partial charge on any atom is -0.481 e. The van der Waals surface area contributed by atoms with Crippen LogP contribution in [0.1, 0.15) is 29.5 Å². The van der Waals surface area contributed by atoms with E-state index >= 15 is 0 Å². The zero-order valence-electron chi connectivity index (χ0n) is 17.3. The summed E-state index contributed by atoms with van der Waals surface area (Å²) >= 11 is 0. The van der Waals surface area contributed by atoms with Crippen molar-refractivity contribution in [2.24, 2.45) is 11.8 Å². The van der Waals surface area contributed by atoms with E-state index in [0.29, 0.717) is 30.9 Å². The van der Waals surface area contributed by atoms with Gasteiger partial charge in [0.05, 0.1) is 25.9 Å². The highest BCUT2D eigenvalue weighted by molar-refractivity contribution is 5.62. The molecule has 5 rings (SSSR count). The molecule has 0 spiro atoms. The fraction of sp³-hybridized carbons (Fsp3) is 0.458. The summed E-state index contributed by atoms with van der Waals surface area (Å²) in [5.74, 6) is 1.42. The molecule has 6 nitrogen and oxygen atoms in total. The van der Waals surface area contributed by atoms with Crippen molar-refractivity contribution in [3.63, 3.8) is 0 Å². The Kier molecular flexibility index (Phi) is 4.61. The lowest BCUT2D eigenvalue weighted by atomic mass is 9.91. The average molecular weight is 408 g/mol. The molecule has 2 N–H and O–H groups in total. The van der Waals surface area contributed by atoms with Crippen LogP contribution in [0, 0.1) is 11.8 Å². The first-order chi connectivity index (χ1) is 14.4. The molecule has 2 atom stereocenters. The van der Waals surface area contributed by atoms with Gasteiger partial charge in [0, 0.05) is 36.6 Å². The quantitative estimate of drug-likeness (QED) is 0.792. The standard InChI is InChI=1S/C24H28N2O4/c1-16(17-3-5-20(6-4-17)24(28)14-30-15-24)26-12-18-9-23(27,10-19(18)13-26)21-7-8-22(29-2)25-11-21/h3-8,11,18-19,27-28H,1,9-10,12-15H2,2H3. The van der Waals surface area contributed by atoms with Crippen LogP contribution in [0.15, 0.2) is 49.2 Å². The van der Waals surface area contributed by atoms with Gasteiger partial charge >= 0.3 is 0 Å². The van der Waals surface area contributed by atoms with Gasteiger partial charge in [-0.15, -0.1) is 0 Å². The van der Waals surface area contributed by atoms with Crippen LogP contribution in [0.5, 0.6) is 5.88 Å². The third-order valence-corrected chi connectivity index (χ3v) is 7.08. The van der Waals surface area contributed by atoms with Crippen molar-refractivity contribution in [2.45, 2.75) is 24.0 Å². The number of pyridine rings is 1. The predicted molar refractivity (Wildman–Crippen MR) is 113 cm³/mol. The van der Waals surface area contributed by atoms with E-state index < -0.39 is 11.2 Å². The van der Waals surface area contributed by atoms with Gasteiger partial charge in [0.1, 0.15) is 5.60 Å². The minimum atomic E-state index is -0.842. The molecule has 1 aromatic heterocycles. The molecule has 0 amide bonds. The number of ether oxygens (including phenoxy) is 2. The number of hydrogen-bond acceptors (Lipinski definition) is 6. The number of aromatic nitrogens is 1. The van der Waals surface area contributed by atoms with Crippen molar-refractivity contribution in [1.29, 1.82) is 0 Å². The Morgan fingerprint density at radius 3 is 2.17 bits per heavy atom. The molecule has 2 unspecified atom stereocenters. The fourth-order valence-corrected chi connectivity index (χ4v) is 5.20. The molecule has 3 aliphatic rings. The number of benzene rings is 1. The largest absolute Gasteiger partial charge is 0.481 e. The molecule has 2 saturated heterocycles. The predicted octanol–water partition coefficient (Wildman–Crippen LogP) is 2.51. The molecular formula is C24H28N2O4. The molecule has 1 aromatic carbocycles. The van der Waals surface area contributed by atoms with E-state index in [2.05, 4.69) is 16.5 Å². The molecule has 0 radical (unpaired) electrons. The molecule has 6 heteroatoms. The first kappa shape index (κ1) is 19.5. The Balaban J connectivity index is 1.24. The highest BCUT2D eigenvalue weighted by atomic mass is 16.5. The lowest BCUT2D eigenvalue weighted by Crippen LogP contribution is -2.46. The van der Waals surface area contributed by atoms with Crippen molar-refractivity contribution in [3.05, 3.63) is 65.9 Å². The van der Waals surface area contributed by atoms with Gasteiger partial charge in [0.15, 0.2) is 0 Å². The summed E-state index contributed by atoms with van der Waals surface area (Å²) in [6.07, 6.45) is 3.21. The highest BCUT2D eigenvalue weighted by Crippen LogP contribution is 2.50. The number of rotatable bonds is 5. The maximum atomic E-state index is 11.3. The van der Waals surface area contributed by atoms with Crippen LogP contribution in [0.2, 0.25) is 0 Å². The molecule has 1 saturated carbocycles. The molecule has 1 aliphatic carbocycles. The van der Waals surface area contributed by atoms with Crippen molar-refractivity contribution in [3.8, 4) is 5.88 Å². The van der Waals surface area contributed by atoms with Crippen LogP contribution >= 0.6 is 0 Å². The molecule has 2 aromatic rings. The van der Waals surface area contributed by atoms with Crippen LogP contribution in [-0.4, -0.2) is 53.5 Å². The zero-order chi connectivity index (χ0) is 20.9. The molecule has 2 aliphatic heterocycles. The lowest BCUT2D eigenvalue weighted by Gasteiger charge is -2.36. The van der Waals surface area contributed by atoms with Crippen LogP contribution < -0.4 is 4.74 Å². The summed E-state index contributed by atoms with van der Waals surface area (Å²) in [5.41, 5.74) is 2.17. The van der Waals surface area contributed by atoms with Gasteiger partial charge in [-0.3, -0.25) is 0 Å². The van der Waals surface area contributed by atoms with Gasteiger partial charge < -0.3 is 24.6 Å². The van der Waals surface area contributed by atoms with E-state index in [4.69, 9.17) is 9.47 Å². The van der Waals surface area contributed by atoms with Gasteiger partial charge in [0.2, 0.25) is 5.88 Å². The Hall–Kier alpha value is -2.41. The van der Waals surface area contributed by atoms with Crippen LogP contribution in [-0.2, 0) is 15.9 Å². The van der Waals surface area contributed by atoms with Gasteiger partial charge in [0.25, 0.3) is 0 Å². The summed E-state index contributed by atoms with van der Waals surface area (Å²) in [6.45, 7) is 6.83. The topological polar surface area (TPSA) is 75.1 Å². The van der Waals surface area contributed by atoms with E-state index in [9.17, 15) is 10.2 Å². The SMILES string of the molecule is C=C(c1ccc(C2(O)COC2)cc1)N1CC2CC(O)(c3ccc(OC)nc3)CC2C1. The summed E-state index contributed by atoms with van der Waals surface area (Å²) < 4.78 is 10.3. The monoisotopic (exact) mass is 408 g/mol. The summed E-state index contributed by atoms with van der Waals surface area (Å²) in [4.78, 5) is 6.60. The molecule has 158 valence electrons. The van der Waals surface area contributed by atoms with Crippen molar-refractivity contribution < 1.29 is 19.7 Å². The molecular weight excluding hydrogens is 380 g/mol. The van der Waals surface area contributed by atoms with E-state index in [1.54, 1.807) is 13.3 Å². The molecule has 0 bridgehead atoms. The highest BCUT2D eigenvalue weighted by Gasteiger charge is 2.49. The fourth-order valence-electron chi connectivity index (χ4n) is 5.20. The third kappa shape index (κ3) is 3.20. The zero-order valence-corrected chi connectivity index (χ0v) is 17.3. The third-order valence-electron chi connectivity index (χ3n) is 7.08. The lowest BCUT2D eigenvalue weighted by molar-refractivity contribution is -0.184. The Bertz CT molecular complexity index is 923. The van der Waals surface area contributed by atoms with Crippen LogP contribution in [0.25, 0.3) is 5.70 Å². The second kappa shape index (κ2) is 7.08. The Labute approximate surface area is 176 Å². The Morgan fingerprint density at radius 2 is 1.67 bits per heavy atom. The van der Waals surface area contributed by atoms with E-state index in [0.717, 1.165) is 48.3 Å². The smallest absolute Gasteiger partial charge is 0.212 e. The second-order valence-electron chi connectivity index (χ2n) is 9.00. The number of likely N-dealkylation sites (tertiary alicyclic amines) is 1. The maximum absolute atomic E-state index is 11.3. The first-order valence-electron chi connectivity index (χ1n) is 10.5. The van der Waals surface area contributed by atoms with Gasteiger partial charge in [-0.25, -0.2) is 4.98 Å². The van der Waals surface area contributed by atoms with Crippen LogP contribution in [0.4, 0.5) is 0 Å². The first-order valence-corrected chi connectivity index (χ1v) is 10.5. The Morgan fingerprint density at radius 1 is 1.03 bits per heavy atom. The summed E-state index contributed by atoms with van der Waals surface area (Å²) in [6, 6.07) is 11.7. The van der Waals surface area contributed by atoms with Gasteiger partial charge in [-0.05, 0) is 41.9 Å². The normalized spacial score (nSPS) is 29.4. The van der Waals surface area contributed by atoms with Gasteiger partial charge in [-0.2, -0.15) is 0 Å². The molecule has 30 heavy (non-hydrogen) atoms. The number of nitrogens with zero attached hydrogens (tertiary/aromatic N) is 2. The number of aliphatic hydroxyl groups is 2. The van der Waals surface area contributed by atoms with Crippen molar-refractivity contribution in [2.75, 3.05) is 33.4 Å². The average Bonchev–Trinajstić information content (AvgIpc) is 3.27. The van der Waals surface area contributed by atoms with E-state index in [-0.39, 0.29) is 0 Å². The van der Waals surface area contributed by atoms with Crippen molar-refractivity contribution >= 4 is 5.70 Å². The molecule has 3 fully saturated rings. The van der Waals surface area contributed by atoms with Crippen molar-refractivity contribution in [1.82, 2.24) is 9.88 Å². The number of hydrogen-bond donors (Lipinski definition) is 2. The van der Waals surface area contributed by atoms with E-state index in [1.807, 2.05) is 36.4 Å². The molecule has 3 heterocycles. The van der Waals surface area contributed by atoms with Gasteiger partial charge in [-0.1, -0.05) is 30.8 Å². The number of fused-ring (bicyclic) bond motifs is 1. The number of methoxy groups -OCH3 is 1.